The molecule has 0 radical (unpaired) electrons. The van der Waals surface area contributed by atoms with E-state index in [1.54, 1.807) is 13.1 Å². The predicted molar refractivity (Wildman–Crippen MR) is 77.1 cm³/mol. The molecular weight excluding hydrogens is 278 g/mol. The lowest BCUT2D eigenvalue weighted by Gasteiger charge is -2.04. The normalized spacial score (nSPS) is 11.9. The highest BCUT2D eigenvalue weighted by Crippen LogP contribution is 2.23. The molecule has 0 unspecified atom stereocenters. The zero-order valence-corrected chi connectivity index (χ0v) is 12.5. The molecule has 0 aliphatic heterocycles. The summed E-state index contributed by atoms with van der Waals surface area (Å²) in [6.45, 7) is 4.51. The van der Waals surface area contributed by atoms with Gasteiger partial charge in [-0.05, 0) is 19.1 Å². The molecule has 2 heterocycles. The summed E-state index contributed by atoms with van der Waals surface area (Å²) in [4.78, 5) is 0. The predicted octanol–water partition coefficient (Wildman–Crippen LogP) is 1.50. The second-order valence-electron chi connectivity index (χ2n) is 4.59. The Morgan fingerprint density at radius 3 is 2.85 bits per heavy atom. The molecule has 0 aromatic carbocycles. The summed E-state index contributed by atoms with van der Waals surface area (Å²) < 4.78 is 28.3. The molecule has 7 heteroatoms. The maximum absolute atomic E-state index is 11.4. The number of nitrogens with zero attached hydrogens (tertiary/aromatic N) is 1. The van der Waals surface area contributed by atoms with E-state index >= 15 is 0 Å². The summed E-state index contributed by atoms with van der Waals surface area (Å²) in [7, 11) is -2.92. The van der Waals surface area contributed by atoms with Crippen LogP contribution in [0.25, 0.3) is 11.5 Å². The summed E-state index contributed by atoms with van der Waals surface area (Å²) in [6.07, 6.45) is 1.72. The second-order valence-corrected chi connectivity index (χ2v) is 7.07. The number of hydrogen-bond acceptors (Lipinski definition) is 5. The summed E-state index contributed by atoms with van der Waals surface area (Å²) in [5.74, 6) is 1.90. The zero-order valence-electron chi connectivity index (χ0n) is 11.6. The number of rotatable bonds is 7. The van der Waals surface area contributed by atoms with Gasteiger partial charge in [0.15, 0.2) is 15.6 Å². The maximum atomic E-state index is 11.4. The Hall–Kier alpha value is -1.60. The third-order valence-corrected chi connectivity index (χ3v) is 4.76. The van der Waals surface area contributed by atoms with Crippen LogP contribution in [0.1, 0.15) is 18.2 Å². The topological polar surface area (TPSA) is 88.0 Å². The average Bonchev–Trinajstić information content (AvgIpc) is 3.03. The van der Waals surface area contributed by atoms with Crippen LogP contribution in [-0.2, 0) is 16.4 Å². The number of aromatic nitrogens is 2. The number of furan rings is 1. The molecule has 2 rings (SSSR count). The summed E-state index contributed by atoms with van der Waals surface area (Å²) in [5, 5.41) is 10.0. The van der Waals surface area contributed by atoms with Gasteiger partial charge in [-0.1, -0.05) is 6.92 Å². The van der Waals surface area contributed by atoms with Gasteiger partial charge in [0.2, 0.25) is 0 Å². The number of sulfone groups is 1. The van der Waals surface area contributed by atoms with Gasteiger partial charge in [0.25, 0.3) is 0 Å². The van der Waals surface area contributed by atoms with Crippen LogP contribution in [0.4, 0.5) is 0 Å². The first kappa shape index (κ1) is 14.8. The first-order valence-electron chi connectivity index (χ1n) is 6.52. The molecule has 0 aliphatic carbocycles. The molecular formula is C13H19N3O3S. The number of aromatic amines is 1. The lowest BCUT2D eigenvalue weighted by Crippen LogP contribution is -2.23. The van der Waals surface area contributed by atoms with Gasteiger partial charge in [0, 0.05) is 24.4 Å². The standard InChI is InChI=1S/C13H19N3O3S/c1-3-20(17,18)7-6-14-8-11-9-15-16-13(11)12-5-4-10(2)19-12/h4-5,9,14H,3,6-8H2,1-2H3,(H,15,16). The van der Waals surface area contributed by atoms with E-state index in [0.29, 0.717) is 13.1 Å². The number of nitrogens with one attached hydrogen (secondary N) is 2. The van der Waals surface area contributed by atoms with Crippen LogP contribution in [0, 0.1) is 6.92 Å². The van der Waals surface area contributed by atoms with Crippen LogP contribution in [0.2, 0.25) is 0 Å². The minimum atomic E-state index is -2.92. The monoisotopic (exact) mass is 297 g/mol. The van der Waals surface area contributed by atoms with Crippen molar-refractivity contribution in [3.05, 3.63) is 29.7 Å². The Morgan fingerprint density at radius 2 is 2.20 bits per heavy atom. The zero-order chi connectivity index (χ0) is 14.6. The number of aryl methyl sites for hydroxylation is 1. The van der Waals surface area contributed by atoms with Crippen molar-refractivity contribution in [2.24, 2.45) is 0 Å². The first-order chi connectivity index (χ1) is 9.52. The lowest BCUT2D eigenvalue weighted by molar-refractivity contribution is 0.545. The van der Waals surface area contributed by atoms with Crippen LogP contribution in [0.5, 0.6) is 0 Å². The molecule has 2 aromatic heterocycles. The fraction of sp³-hybridized carbons (Fsp3) is 0.462. The first-order valence-corrected chi connectivity index (χ1v) is 8.34. The van der Waals surface area contributed by atoms with E-state index in [0.717, 1.165) is 22.8 Å². The van der Waals surface area contributed by atoms with Crippen LogP contribution in [-0.4, -0.2) is 36.7 Å². The highest BCUT2D eigenvalue weighted by Gasteiger charge is 2.11. The minimum absolute atomic E-state index is 0.149. The molecule has 0 fully saturated rings. The Morgan fingerprint density at radius 1 is 1.40 bits per heavy atom. The molecule has 0 saturated heterocycles. The number of H-pyrrole nitrogens is 1. The van der Waals surface area contributed by atoms with Gasteiger partial charge in [-0.3, -0.25) is 5.10 Å². The van der Waals surface area contributed by atoms with Gasteiger partial charge in [-0.25, -0.2) is 8.42 Å². The maximum Gasteiger partial charge on any atom is 0.152 e. The molecule has 0 aliphatic rings. The molecule has 2 N–H and O–H groups in total. The molecule has 2 aromatic rings. The second kappa shape index (κ2) is 6.23. The smallest absolute Gasteiger partial charge is 0.152 e. The van der Waals surface area contributed by atoms with Crippen molar-refractivity contribution in [2.45, 2.75) is 20.4 Å². The van der Waals surface area contributed by atoms with Crippen molar-refractivity contribution in [1.82, 2.24) is 15.5 Å². The van der Waals surface area contributed by atoms with Gasteiger partial charge in [-0.15, -0.1) is 0 Å². The molecule has 0 spiro atoms. The van der Waals surface area contributed by atoms with E-state index in [4.69, 9.17) is 4.42 Å². The van der Waals surface area contributed by atoms with E-state index in [1.165, 1.54) is 0 Å². The highest BCUT2D eigenvalue weighted by atomic mass is 32.2. The van der Waals surface area contributed by atoms with Gasteiger partial charge >= 0.3 is 0 Å². The average molecular weight is 297 g/mol. The van der Waals surface area contributed by atoms with Crippen molar-refractivity contribution in [1.29, 1.82) is 0 Å². The van der Waals surface area contributed by atoms with Crippen LogP contribution >= 0.6 is 0 Å². The molecule has 0 amide bonds. The van der Waals surface area contributed by atoms with Crippen molar-refractivity contribution in [3.8, 4) is 11.5 Å². The molecule has 0 bridgehead atoms. The SMILES string of the molecule is CCS(=O)(=O)CCNCc1cn[nH]c1-c1ccc(C)o1. The Balaban J connectivity index is 1.93. The van der Waals surface area contributed by atoms with Crippen LogP contribution < -0.4 is 5.32 Å². The summed E-state index contributed by atoms with van der Waals surface area (Å²) in [6, 6.07) is 3.77. The number of hydrogen-bond donors (Lipinski definition) is 2. The van der Waals surface area contributed by atoms with E-state index < -0.39 is 9.84 Å². The van der Waals surface area contributed by atoms with Crippen LogP contribution in [0.15, 0.2) is 22.7 Å². The summed E-state index contributed by atoms with van der Waals surface area (Å²) >= 11 is 0. The van der Waals surface area contributed by atoms with Crippen molar-refractivity contribution in [3.63, 3.8) is 0 Å². The molecule has 110 valence electrons. The summed E-state index contributed by atoms with van der Waals surface area (Å²) in [5.41, 5.74) is 1.78. The highest BCUT2D eigenvalue weighted by molar-refractivity contribution is 7.91. The van der Waals surface area contributed by atoms with E-state index in [-0.39, 0.29) is 11.5 Å². The largest absolute Gasteiger partial charge is 0.460 e. The quantitative estimate of drug-likeness (QED) is 0.756. The molecule has 6 nitrogen and oxygen atoms in total. The molecule has 0 saturated carbocycles. The van der Waals surface area contributed by atoms with Crippen molar-refractivity contribution < 1.29 is 12.8 Å². The van der Waals surface area contributed by atoms with Crippen LogP contribution in [0.3, 0.4) is 0 Å². The Labute approximate surface area is 118 Å². The van der Waals surface area contributed by atoms with Crippen molar-refractivity contribution in [2.75, 3.05) is 18.1 Å². The fourth-order valence-corrected chi connectivity index (χ4v) is 2.57. The third-order valence-electron chi connectivity index (χ3n) is 3.05. The Bertz CT molecular complexity index is 658. The van der Waals surface area contributed by atoms with Gasteiger partial charge in [0.1, 0.15) is 11.5 Å². The Kier molecular flexibility index (Phi) is 4.61. The fourth-order valence-electron chi connectivity index (χ4n) is 1.82. The minimum Gasteiger partial charge on any atom is -0.460 e. The van der Waals surface area contributed by atoms with Gasteiger partial charge in [-0.2, -0.15) is 5.10 Å². The van der Waals surface area contributed by atoms with Crippen molar-refractivity contribution >= 4 is 9.84 Å². The van der Waals surface area contributed by atoms with E-state index in [9.17, 15) is 8.42 Å². The van der Waals surface area contributed by atoms with Gasteiger partial charge < -0.3 is 9.73 Å². The van der Waals surface area contributed by atoms with E-state index in [1.807, 2.05) is 19.1 Å². The third kappa shape index (κ3) is 3.71. The lowest BCUT2D eigenvalue weighted by atomic mass is 10.2. The molecule has 20 heavy (non-hydrogen) atoms. The van der Waals surface area contributed by atoms with E-state index in [2.05, 4.69) is 15.5 Å². The van der Waals surface area contributed by atoms with Gasteiger partial charge in [0.05, 0.1) is 11.9 Å². The molecule has 0 atom stereocenters.